The number of hydrogen-bond acceptors (Lipinski definition) is 4. The molecule has 1 N–H and O–H groups in total. The molecule has 0 bridgehead atoms. The van der Waals surface area contributed by atoms with E-state index >= 15 is 0 Å². The van der Waals surface area contributed by atoms with Crippen LogP contribution in [0.3, 0.4) is 0 Å². The molecule has 29 heavy (non-hydrogen) atoms. The number of alkyl halides is 3. The Kier molecular flexibility index (Phi) is 5.76. The lowest BCUT2D eigenvalue weighted by atomic mass is 10.1. The van der Waals surface area contributed by atoms with Gasteiger partial charge in [-0.2, -0.15) is 13.2 Å². The van der Waals surface area contributed by atoms with Crippen molar-refractivity contribution in [1.82, 2.24) is 10.3 Å². The molecule has 1 aromatic carbocycles. The molecule has 1 fully saturated rings. The van der Waals surface area contributed by atoms with Crippen molar-refractivity contribution in [3.8, 4) is 0 Å². The summed E-state index contributed by atoms with van der Waals surface area (Å²) in [5, 5.41) is 2.77. The Bertz CT molecular complexity index is 897. The predicted molar refractivity (Wildman–Crippen MR) is 102 cm³/mol. The first-order valence-corrected chi connectivity index (χ1v) is 9.03. The summed E-state index contributed by atoms with van der Waals surface area (Å²) in [7, 11) is 3.74. The molecular formula is C20H21F3N4O2. The predicted octanol–water partition coefficient (Wildman–Crippen LogP) is 2.84. The zero-order chi connectivity index (χ0) is 21.2. The van der Waals surface area contributed by atoms with Crippen molar-refractivity contribution in [3.05, 3.63) is 53.7 Å². The average molecular weight is 406 g/mol. The monoisotopic (exact) mass is 406 g/mol. The van der Waals surface area contributed by atoms with Gasteiger partial charge in [-0.3, -0.25) is 9.59 Å². The van der Waals surface area contributed by atoms with E-state index in [1.165, 1.54) is 17.0 Å². The van der Waals surface area contributed by atoms with Crippen molar-refractivity contribution < 1.29 is 22.8 Å². The summed E-state index contributed by atoms with van der Waals surface area (Å²) in [6, 6.07) is 8.24. The molecule has 9 heteroatoms. The summed E-state index contributed by atoms with van der Waals surface area (Å²) < 4.78 is 38.7. The van der Waals surface area contributed by atoms with Crippen LogP contribution in [0.5, 0.6) is 0 Å². The number of carbonyl (C=O) groups excluding carboxylic acids is 2. The number of carbonyl (C=O) groups is 2. The van der Waals surface area contributed by atoms with E-state index in [9.17, 15) is 22.8 Å². The fourth-order valence-corrected chi connectivity index (χ4v) is 3.10. The van der Waals surface area contributed by atoms with Gasteiger partial charge in [0.05, 0.1) is 11.5 Å². The second-order valence-corrected chi connectivity index (χ2v) is 7.09. The quantitative estimate of drug-likeness (QED) is 0.830. The molecule has 0 saturated carbocycles. The second kappa shape index (κ2) is 8.10. The Morgan fingerprint density at radius 2 is 2.03 bits per heavy atom. The smallest absolute Gasteiger partial charge is 0.363 e. The Labute approximate surface area is 166 Å². The largest absolute Gasteiger partial charge is 0.416 e. The lowest BCUT2D eigenvalue weighted by Crippen LogP contribution is -2.32. The van der Waals surface area contributed by atoms with Crippen molar-refractivity contribution in [3.63, 3.8) is 0 Å². The Morgan fingerprint density at radius 3 is 2.66 bits per heavy atom. The van der Waals surface area contributed by atoms with Gasteiger partial charge in [0.1, 0.15) is 5.82 Å². The van der Waals surface area contributed by atoms with Crippen molar-refractivity contribution in [2.45, 2.75) is 19.1 Å². The van der Waals surface area contributed by atoms with Gasteiger partial charge in [-0.05, 0) is 29.8 Å². The highest BCUT2D eigenvalue weighted by molar-refractivity contribution is 6.00. The van der Waals surface area contributed by atoms with Crippen molar-refractivity contribution in [2.75, 3.05) is 30.4 Å². The lowest BCUT2D eigenvalue weighted by Gasteiger charge is -2.18. The summed E-state index contributed by atoms with van der Waals surface area (Å²) in [6.07, 6.45) is -2.88. The number of benzene rings is 1. The normalized spacial score (nSPS) is 16.8. The summed E-state index contributed by atoms with van der Waals surface area (Å²) in [5.41, 5.74) is 0.121. The standard InChI is InChI=1S/C20H21F3N4O2/c1-26(2)17-7-6-13(10-24-17)11-25-19(29)14-8-18(28)27(12-14)16-5-3-4-15(9-16)20(21,22)23/h3-7,9-10,14H,8,11-12H2,1-2H3,(H,25,29). The highest BCUT2D eigenvalue weighted by atomic mass is 19.4. The number of aromatic nitrogens is 1. The molecule has 1 aliphatic heterocycles. The molecule has 1 aliphatic rings. The number of halogens is 3. The SMILES string of the molecule is CN(C)c1ccc(CNC(=O)C2CC(=O)N(c3cccc(C(F)(F)F)c3)C2)cn1. The van der Waals surface area contributed by atoms with Gasteiger partial charge in [0.15, 0.2) is 0 Å². The first-order chi connectivity index (χ1) is 13.6. The summed E-state index contributed by atoms with van der Waals surface area (Å²) >= 11 is 0. The van der Waals surface area contributed by atoms with Crippen molar-refractivity contribution in [2.24, 2.45) is 5.92 Å². The number of nitrogens with one attached hydrogen (secondary N) is 1. The Morgan fingerprint density at radius 1 is 1.28 bits per heavy atom. The maximum atomic E-state index is 12.9. The summed E-state index contributed by atoms with van der Waals surface area (Å²) in [5.74, 6) is -0.518. The number of hydrogen-bond donors (Lipinski definition) is 1. The maximum Gasteiger partial charge on any atom is 0.416 e. The van der Waals surface area contributed by atoms with E-state index in [4.69, 9.17) is 0 Å². The van der Waals surface area contributed by atoms with E-state index in [1.54, 1.807) is 6.20 Å². The number of pyridine rings is 1. The van der Waals surface area contributed by atoms with E-state index in [1.807, 2.05) is 31.1 Å². The van der Waals surface area contributed by atoms with Crippen LogP contribution in [-0.4, -0.2) is 37.4 Å². The number of rotatable bonds is 5. The minimum Gasteiger partial charge on any atom is -0.363 e. The summed E-state index contributed by atoms with van der Waals surface area (Å²) in [4.78, 5) is 32.1. The molecule has 1 saturated heterocycles. The van der Waals surface area contributed by atoms with Gasteiger partial charge in [0, 0.05) is 45.5 Å². The fraction of sp³-hybridized carbons (Fsp3) is 0.350. The minimum absolute atomic E-state index is 0.0418. The zero-order valence-electron chi connectivity index (χ0n) is 16.0. The molecule has 1 atom stereocenters. The molecule has 154 valence electrons. The minimum atomic E-state index is -4.49. The third-order valence-electron chi connectivity index (χ3n) is 4.72. The van der Waals surface area contributed by atoms with E-state index in [-0.39, 0.29) is 37.0 Å². The van der Waals surface area contributed by atoms with Crippen LogP contribution in [0.1, 0.15) is 17.5 Å². The zero-order valence-corrected chi connectivity index (χ0v) is 16.0. The van der Waals surface area contributed by atoms with Gasteiger partial charge < -0.3 is 15.1 Å². The van der Waals surface area contributed by atoms with E-state index in [0.29, 0.717) is 0 Å². The van der Waals surface area contributed by atoms with Crippen molar-refractivity contribution in [1.29, 1.82) is 0 Å². The van der Waals surface area contributed by atoms with Crippen molar-refractivity contribution >= 4 is 23.3 Å². The molecule has 3 rings (SSSR count). The van der Waals surface area contributed by atoms with Gasteiger partial charge in [-0.1, -0.05) is 12.1 Å². The van der Waals surface area contributed by atoms with Crippen LogP contribution in [0.2, 0.25) is 0 Å². The molecule has 1 unspecified atom stereocenters. The third-order valence-corrected chi connectivity index (χ3v) is 4.72. The third kappa shape index (κ3) is 4.85. The number of nitrogens with zero attached hydrogens (tertiary/aromatic N) is 3. The topological polar surface area (TPSA) is 65.5 Å². The molecule has 2 amide bonds. The Balaban J connectivity index is 1.61. The Hall–Kier alpha value is -3.10. The molecule has 0 spiro atoms. The first-order valence-electron chi connectivity index (χ1n) is 9.03. The van der Waals surface area contributed by atoms with Crippen LogP contribution in [0.25, 0.3) is 0 Å². The average Bonchev–Trinajstić information content (AvgIpc) is 3.07. The number of anilines is 2. The molecule has 2 aromatic rings. The van der Waals surface area contributed by atoms with Crippen LogP contribution in [0.15, 0.2) is 42.6 Å². The highest BCUT2D eigenvalue weighted by Crippen LogP contribution is 2.33. The van der Waals surface area contributed by atoms with E-state index in [0.717, 1.165) is 23.5 Å². The van der Waals surface area contributed by atoms with Gasteiger partial charge in [-0.25, -0.2) is 4.98 Å². The molecule has 0 radical (unpaired) electrons. The van der Waals surface area contributed by atoms with Gasteiger partial charge in [0.2, 0.25) is 11.8 Å². The molecule has 2 heterocycles. The van der Waals surface area contributed by atoms with Crippen LogP contribution >= 0.6 is 0 Å². The van der Waals surface area contributed by atoms with E-state index in [2.05, 4.69) is 10.3 Å². The maximum absolute atomic E-state index is 12.9. The van der Waals surface area contributed by atoms with Gasteiger partial charge in [-0.15, -0.1) is 0 Å². The lowest BCUT2D eigenvalue weighted by molar-refractivity contribution is -0.137. The molecular weight excluding hydrogens is 385 g/mol. The summed E-state index contributed by atoms with van der Waals surface area (Å²) in [6.45, 7) is 0.303. The molecule has 6 nitrogen and oxygen atoms in total. The van der Waals surface area contributed by atoms with Crippen LogP contribution in [0, 0.1) is 5.92 Å². The van der Waals surface area contributed by atoms with Crippen LogP contribution in [-0.2, 0) is 22.3 Å². The molecule has 0 aliphatic carbocycles. The van der Waals surface area contributed by atoms with Crippen LogP contribution < -0.4 is 15.1 Å². The molecule has 1 aromatic heterocycles. The van der Waals surface area contributed by atoms with Crippen LogP contribution in [0.4, 0.5) is 24.7 Å². The first kappa shape index (κ1) is 20.6. The number of amides is 2. The highest BCUT2D eigenvalue weighted by Gasteiger charge is 2.36. The van der Waals surface area contributed by atoms with Gasteiger partial charge >= 0.3 is 6.18 Å². The van der Waals surface area contributed by atoms with Gasteiger partial charge in [0.25, 0.3) is 0 Å². The second-order valence-electron chi connectivity index (χ2n) is 7.09. The fourth-order valence-electron chi connectivity index (χ4n) is 3.10. The van der Waals surface area contributed by atoms with E-state index < -0.39 is 17.7 Å².